The van der Waals surface area contributed by atoms with Crippen LogP contribution < -0.4 is 9.47 Å². The Bertz CT molecular complexity index is 1190. The number of hydrogen-bond donors (Lipinski definition) is 0. The van der Waals surface area contributed by atoms with Crippen molar-refractivity contribution in [2.75, 3.05) is 7.11 Å². The molecule has 0 aliphatic rings. The van der Waals surface area contributed by atoms with Crippen molar-refractivity contribution in [2.24, 2.45) is 0 Å². The molecule has 6 nitrogen and oxygen atoms in total. The maximum absolute atomic E-state index is 11.1. The first-order chi connectivity index (χ1) is 15.5. The average Bonchev–Trinajstić information content (AvgIpc) is 2.82. The van der Waals surface area contributed by atoms with Crippen LogP contribution in [0.25, 0.3) is 11.6 Å². The van der Waals surface area contributed by atoms with Crippen LogP contribution in [0.3, 0.4) is 0 Å². The summed E-state index contributed by atoms with van der Waals surface area (Å²) in [6.45, 7) is 4.21. The number of allylic oxidation sites excluding steroid dienone is 2. The number of rotatable bonds is 9. The second kappa shape index (κ2) is 10.6. The fourth-order valence-corrected chi connectivity index (χ4v) is 3.25. The zero-order valence-electron chi connectivity index (χ0n) is 17.7. The van der Waals surface area contributed by atoms with E-state index in [1.807, 2.05) is 36.4 Å². The molecule has 3 rings (SSSR count). The predicted octanol–water partition coefficient (Wildman–Crippen LogP) is 5.98. The first kappa shape index (κ1) is 22.3. The number of nitro groups is 1. The van der Waals surface area contributed by atoms with E-state index in [0.717, 1.165) is 11.1 Å². The zero-order chi connectivity index (χ0) is 22.9. The van der Waals surface area contributed by atoms with Crippen LogP contribution in [0.1, 0.15) is 22.3 Å². The van der Waals surface area contributed by atoms with Crippen LogP contribution in [-0.2, 0) is 13.0 Å². The average molecular weight is 426 g/mol. The van der Waals surface area contributed by atoms with Crippen LogP contribution in [0.4, 0.5) is 5.69 Å². The van der Waals surface area contributed by atoms with E-state index >= 15 is 0 Å². The van der Waals surface area contributed by atoms with E-state index in [0.29, 0.717) is 41.2 Å². The SMILES string of the molecule is C=CCc1cc(C=C(C#N)c2cccc([N+](=O)[O-])c2)cc(OC)c1OCc1ccccc1. The van der Waals surface area contributed by atoms with Gasteiger partial charge in [-0.05, 0) is 41.3 Å². The van der Waals surface area contributed by atoms with Crippen LogP contribution >= 0.6 is 0 Å². The second-order valence-electron chi connectivity index (χ2n) is 6.96. The van der Waals surface area contributed by atoms with Gasteiger partial charge in [-0.2, -0.15) is 5.26 Å². The summed E-state index contributed by atoms with van der Waals surface area (Å²) in [5.41, 5.74) is 3.30. The smallest absolute Gasteiger partial charge is 0.270 e. The number of nitrogens with zero attached hydrogens (tertiary/aromatic N) is 2. The van der Waals surface area contributed by atoms with Crippen molar-refractivity contribution < 1.29 is 14.4 Å². The molecule has 0 aliphatic heterocycles. The van der Waals surface area contributed by atoms with Gasteiger partial charge in [0.15, 0.2) is 11.5 Å². The van der Waals surface area contributed by atoms with Gasteiger partial charge in [0, 0.05) is 17.7 Å². The van der Waals surface area contributed by atoms with Crippen LogP contribution in [0, 0.1) is 21.4 Å². The lowest BCUT2D eigenvalue weighted by molar-refractivity contribution is -0.384. The minimum absolute atomic E-state index is 0.0711. The summed E-state index contributed by atoms with van der Waals surface area (Å²) in [7, 11) is 1.56. The van der Waals surface area contributed by atoms with Crippen LogP contribution in [-0.4, -0.2) is 12.0 Å². The van der Waals surface area contributed by atoms with Gasteiger partial charge in [0.25, 0.3) is 5.69 Å². The fraction of sp³-hybridized carbons (Fsp3) is 0.115. The monoisotopic (exact) mass is 426 g/mol. The standard InChI is InChI=1S/C26H22N2O4/c1-3-8-22-13-20(14-23(17-27)21-11-7-12-24(16-21)28(29)30)15-25(31-2)26(22)32-18-19-9-5-4-6-10-19/h3-7,9-16H,1,8,18H2,2H3. The van der Waals surface area contributed by atoms with E-state index in [9.17, 15) is 15.4 Å². The molecule has 0 spiro atoms. The first-order valence-corrected chi connectivity index (χ1v) is 9.91. The second-order valence-corrected chi connectivity index (χ2v) is 6.96. The van der Waals surface area contributed by atoms with Gasteiger partial charge in [-0.15, -0.1) is 6.58 Å². The summed E-state index contributed by atoms with van der Waals surface area (Å²) in [6.07, 6.45) is 3.99. The van der Waals surface area contributed by atoms with E-state index in [1.165, 1.54) is 12.1 Å². The molecule has 3 aromatic rings. The lowest BCUT2D eigenvalue weighted by Gasteiger charge is -2.16. The number of nitriles is 1. The van der Waals surface area contributed by atoms with Crippen molar-refractivity contribution in [3.8, 4) is 17.6 Å². The number of ether oxygens (including phenoxy) is 2. The molecule has 0 saturated heterocycles. The highest BCUT2D eigenvalue weighted by molar-refractivity contribution is 5.90. The molecule has 0 aromatic heterocycles. The molecule has 0 radical (unpaired) electrons. The third-order valence-electron chi connectivity index (χ3n) is 4.76. The largest absolute Gasteiger partial charge is 0.493 e. The predicted molar refractivity (Wildman–Crippen MR) is 124 cm³/mol. The number of methoxy groups -OCH3 is 1. The summed E-state index contributed by atoms with van der Waals surface area (Å²) in [4.78, 5) is 10.6. The summed E-state index contributed by atoms with van der Waals surface area (Å²) in [6, 6.07) is 21.6. The van der Waals surface area contributed by atoms with Gasteiger partial charge in [-0.3, -0.25) is 10.1 Å². The molecule has 0 fully saturated rings. The van der Waals surface area contributed by atoms with Gasteiger partial charge in [-0.25, -0.2) is 0 Å². The first-order valence-electron chi connectivity index (χ1n) is 9.91. The van der Waals surface area contributed by atoms with E-state index in [1.54, 1.807) is 37.5 Å². The highest BCUT2D eigenvalue weighted by Crippen LogP contribution is 2.35. The molecule has 32 heavy (non-hydrogen) atoms. The normalized spacial score (nSPS) is 10.8. The Hall–Kier alpha value is -4.37. The minimum atomic E-state index is -0.484. The molecule has 0 aliphatic carbocycles. The summed E-state index contributed by atoms with van der Waals surface area (Å²) in [5, 5.41) is 20.8. The molecule has 0 atom stereocenters. The molecule has 0 unspecified atom stereocenters. The van der Waals surface area contributed by atoms with Gasteiger partial charge in [-0.1, -0.05) is 48.5 Å². The number of benzene rings is 3. The topological polar surface area (TPSA) is 85.4 Å². The lowest BCUT2D eigenvalue weighted by atomic mass is 10.0. The van der Waals surface area contributed by atoms with E-state index < -0.39 is 4.92 Å². The Morgan fingerprint density at radius 3 is 2.59 bits per heavy atom. The third-order valence-corrected chi connectivity index (χ3v) is 4.76. The molecule has 160 valence electrons. The Morgan fingerprint density at radius 2 is 1.94 bits per heavy atom. The van der Waals surface area contributed by atoms with Gasteiger partial charge < -0.3 is 9.47 Å². The molecule has 0 heterocycles. The van der Waals surface area contributed by atoms with Crippen molar-refractivity contribution in [1.82, 2.24) is 0 Å². The van der Waals surface area contributed by atoms with E-state index in [-0.39, 0.29) is 5.69 Å². The Kier molecular flexibility index (Phi) is 7.39. The fourth-order valence-electron chi connectivity index (χ4n) is 3.25. The van der Waals surface area contributed by atoms with Gasteiger partial charge in [0.1, 0.15) is 6.61 Å². The molecule has 0 N–H and O–H groups in total. The van der Waals surface area contributed by atoms with Crippen molar-refractivity contribution in [1.29, 1.82) is 5.26 Å². The van der Waals surface area contributed by atoms with Gasteiger partial charge >= 0.3 is 0 Å². The van der Waals surface area contributed by atoms with Crippen LogP contribution in [0.2, 0.25) is 0 Å². The highest BCUT2D eigenvalue weighted by Gasteiger charge is 2.14. The highest BCUT2D eigenvalue weighted by atomic mass is 16.6. The number of non-ortho nitro benzene ring substituents is 1. The maximum Gasteiger partial charge on any atom is 0.270 e. The molecular weight excluding hydrogens is 404 g/mol. The summed E-state index contributed by atoms with van der Waals surface area (Å²) < 4.78 is 11.6. The molecule has 0 amide bonds. The van der Waals surface area contributed by atoms with Crippen LogP contribution in [0.5, 0.6) is 11.5 Å². The quantitative estimate of drug-likeness (QED) is 0.138. The van der Waals surface area contributed by atoms with Crippen molar-refractivity contribution in [2.45, 2.75) is 13.0 Å². The van der Waals surface area contributed by atoms with Crippen molar-refractivity contribution in [3.63, 3.8) is 0 Å². The lowest BCUT2D eigenvalue weighted by Crippen LogP contribution is -2.01. The maximum atomic E-state index is 11.1. The van der Waals surface area contributed by atoms with Crippen LogP contribution in [0.15, 0.2) is 79.4 Å². The molecule has 6 heteroatoms. The van der Waals surface area contributed by atoms with Gasteiger partial charge in [0.05, 0.1) is 23.7 Å². The molecular formula is C26H22N2O4. The third kappa shape index (κ3) is 5.41. The summed E-state index contributed by atoms with van der Waals surface area (Å²) >= 11 is 0. The minimum Gasteiger partial charge on any atom is -0.493 e. The number of nitro benzene ring substituents is 1. The molecule has 0 saturated carbocycles. The number of hydrogen-bond acceptors (Lipinski definition) is 5. The van der Waals surface area contributed by atoms with E-state index in [2.05, 4.69) is 12.6 Å². The Balaban J connectivity index is 2.00. The Morgan fingerprint density at radius 1 is 1.16 bits per heavy atom. The summed E-state index contributed by atoms with van der Waals surface area (Å²) in [5.74, 6) is 1.14. The van der Waals surface area contributed by atoms with Crippen molar-refractivity contribution >= 4 is 17.3 Å². The Labute approximate surface area is 186 Å². The zero-order valence-corrected chi connectivity index (χ0v) is 17.7. The van der Waals surface area contributed by atoms with Crippen molar-refractivity contribution in [3.05, 3.63) is 112 Å². The molecule has 0 bridgehead atoms. The van der Waals surface area contributed by atoms with E-state index in [4.69, 9.17) is 9.47 Å². The van der Waals surface area contributed by atoms with Gasteiger partial charge in [0.2, 0.25) is 0 Å². The molecule has 3 aromatic carbocycles.